The molecule has 0 aliphatic carbocycles. The minimum atomic E-state index is -2.25. The number of nitrogens with zero attached hydrogens (tertiary/aromatic N) is 2. The van der Waals surface area contributed by atoms with E-state index < -0.39 is 8.07 Å². The molecule has 0 amide bonds. The van der Waals surface area contributed by atoms with Crippen LogP contribution in [0.2, 0.25) is 13.1 Å². The largest absolute Gasteiger partial charge is 0.453 e. The summed E-state index contributed by atoms with van der Waals surface area (Å²) in [5.41, 5.74) is 13.3. The topological polar surface area (TPSA) is 19.6 Å². The van der Waals surface area contributed by atoms with Gasteiger partial charge in [0.1, 0.15) is 13.7 Å². The highest BCUT2D eigenvalue weighted by molar-refractivity contribution is 7.03. The van der Waals surface area contributed by atoms with Crippen molar-refractivity contribution in [3.8, 4) is 22.3 Å². The Bertz CT molecular complexity index is 3770. The van der Waals surface area contributed by atoms with Crippen molar-refractivity contribution in [2.24, 2.45) is 0 Å². The van der Waals surface area contributed by atoms with E-state index in [0.717, 1.165) is 55.9 Å². The van der Waals surface area contributed by atoms with Gasteiger partial charge in [0.05, 0.1) is 11.4 Å². The lowest BCUT2D eigenvalue weighted by Gasteiger charge is -2.34. The Kier molecular flexibility index (Phi) is 8.67. The molecule has 0 atom stereocenters. The van der Waals surface area contributed by atoms with Gasteiger partial charge in [-0.1, -0.05) is 177 Å². The lowest BCUT2D eigenvalue weighted by Crippen LogP contribution is -2.55. The zero-order valence-corrected chi connectivity index (χ0v) is 37.7. The van der Waals surface area contributed by atoms with Gasteiger partial charge in [0, 0.05) is 44.5 Å². The van der Waals surface area contributed by atoms with Gasteiger partial charge in [-0.3, -0.25) is 0 Å². The van der Waals surface area contributed by atoms with Gasteiger partial charge in [-0.25, -0.2) is 0 Å². The Hall–Kier alpha value is -8.18. The smallest absolute Gasteiger partial charge is 0.159 e. The standard InChI is InChI=1S/C62H44N2OSi/c1-66(2)58-35-19-31-50-54-40-57(64(44-24-11-5-12-25-44)45-26-13-6-14-27-45)48-29-16-15-28-47(48)53(54)39-55(60(50)58)49-37-36-41(38-59(49)66)46-30-17-32-51-52-33-18-34-56(62(52)65-61(46)51)63(42-20-7-3-8-21-42)43-22-9-4-10-23-43/h3-40H,1-2H3. The van der Waals surface area contributed by atoms with E-state index in [4.69, 9.17) is 4.42 Å². The van der Waals surface area contributed by atoms with Gasteiger partial charge in [0.15, 0.2) is 5.58 Å². The van der Waals surface area contributed by atoms with Crippen LogP contribution in [0, 0.1) is 0 Å². The normalized spacial score (nSPS) is 12.8. The average Bonchev–Trinajstić information content (AvgIpc) is 3.77. The summed E-state index contributed by atoms with van der Waals surface area (Å²) in [5.74, 6) is 0. The van der Waals surface area contributed by atoms with Crippen molar-refractivity contribution in [2.45, 2.75) is 13.1 Å². The highest BCUT2D eigenvalue weighted by Crippen LogP contribution is 2.48. The second kappa shape index (κ2) is 14.9. The molecule has 0 radical (unpaired) electrons. The van der Waals surface area contributed by atoms with Crippen LogP contribution in [-0.4, -0.2) is 8.07 Å². The Morgan fingerprint density at radius 1 is 0.318 bits per heavy atom. The molecule has 1 aromatic heterocycles. The number of anilines is 6. The van der Waals surface area contributed by atoms with E-state index in [9.17, 15) is 0 Å². The summed E-state index contributed by atoms with van der Waals surface area (Å²) in [6.07, 6.45) is 0. The monoisotopic (exact) mass is 860 g/mol. The number of hydrogen-bond acceptors (Lipinski definition) is 3. The van der Waals surface area contributed by atoms with Crippen LogP contribution >= 0.6 is 0 Å². The van der Waals surface area contributed by atoms with Gasteiger partial charge in [0.25, 0.3) is 0 Å². The molecular weight excluding hydrogens is 817 g/mol. The van der Waals surface area contributed by atoms with Crippen LogP contribution in [0.3, 0.4) is 0 Å². The molecule has 66 heavy (non-hydrogen) atoms. The average molecular weight is 861 g/mol. The molecule has 0 spiro atoms. The Labute approximate surface area is 385 Å². The van der Waals surface area contributed by atoms with Crippen molar-refractivity contribution in [3.63, 3.8) is 0 Å². The maximum Gasteiger partial charge on any atom is 0.159 e. The predicted molar refractivity (Wildman–Crippen MR) is 283 cm³/mol. The first-order chi connectivity index (χ1) is 32.5. The second-order valence-corrected chi connectivity index (χ2v) is 22.4. The molecule has 4 heteroatoms. The van der Waals surface area contributed by atoms with Gasteiger partial charge in [-0.15, -0.1) is 0 Å². The number of para-hydroxylation sites is 6. The van der Waals surface area contributed by atoms with Gasteiger partial charge in [-0.2, -0.15) is 0 Å². The molecule has 0 saturated heterocycles. The van der Waals surface area contributed by atoms with Crippen molar-refractivity contribution in [2.75, 3.05) is 9.80 Å². The van der Waals surface area contributed by atoms with Crippen molar-refractivity contribution in [3.05, 3.63) is 231 Å². The zero-order valence-electron chi connectivity index (χ0n) is 36.7. The highest BCUT2D eigenvalue weighted by Gasteiger charge is 2.36. The van der Waals surface area contributed by atoms with Gasteiger partial charge >= 0.3 is 0 Å². The van der Waals surface area contributed by atoms with Crippen LogP contribution in [0.4, 0.5) is 34.1 Å². The lowest BCUT2D eigenvalue weighted by molar-refractivity contribution is 0.670. The molecule has 1 aliphatic rings. The fourth-order valence-electron chi connectivity index (χ4n) is 10.9. The van der Waals surface area contributed by atoms with Gasteiger partial charge in [-0.05, 0) is 121 Å². The lowest BCUT2D eigenvalue weighted by atomic mass is 9.89. The first-order valence-electron chi connectivity index (χ1n) is 22.8. The second-order valence-electron chi connectivity index (χ2n) is 18.0. The fourth-order valence-corrected chi connectivity index (χ4v) is 14.0. The van der Waals surface area contributed by atoms with Crippen LogP contribution < -0.4 is 20.2 Å². The number of rotatable bonds is 7. The minimum absolute atomic E-state index is 0.874. The van der Waals surface area contributed by atoms with Crippen molar-refractivity contribution >= 4 is 107 Å². The number of hydrogen-bond donors (Lipinski definition) is 0. The fraction of sp³-hybridized carbons (Fsp3) is 0.0323. The predicted octanol–water partition coefficient (Wildman–Crippen LogP) is 16.5. The van der Waals surface area contributed by atoms with Gasteiger partial charge < -0.3 is 14.2 Å². The van der Waals surface area contributed by atoms with Crippen molar-refractivity contribution < 1.29 is 4.42 Å². The first kappa shape index (κ1) is 38.3. The SMILES string of the molecule is C[Si]1(C)c2cc(-c3cccc4c3oc3c(N(c5ccccc5)c5ccccc5)cccc34)ccc2-c2cc3c4ccccc4c(N(c4ccccc4)c4ccccc4)cc3c3cccc1c23. The van der Waals surface area contributed by atoms with Crippen molar-refractivity contribution in [1.29, 1.82) is 0 Å². The van der Waals surface area contributed by atoms with E-state index in [1.54, 1.807) is 0 Å². The zero-order chi connectivity index (χ0) is 43.9. The maximum atomic E-state index is 7.13. The Balaban J connectivity index is 1.00. The summed E-state index contributed by atoms with van der Waals surface area (Å²) in [6.45, 7) is 5.07. The molecule has 0 unspecified atom stereocenters. The van der Waals surface area contributed by atoms with E-state index in [2.05, 4.69) is 253 Å². The molecule has 2 heterocycles. The molecule has 312 valence electrons. The molecular formula is C62H44N2OSi. The Morgan fingerprint density at radius 2 is 0.818 bits per heavy atom. The van der Waals surface area contributed by atoms with Crippen LogP contribution in [-0.2, 0) is 0 Å². The highest BCUT2D eigenvalue weighted by atomic mass is 28.3. The molecule has 13 rings (SSSR count). The van der Waals surface area contributed by atoms with E-state index in [0.29, 0.717) is 0 Å². The summed E-state index contributed by atoms with van der Waals surface area (Å²) >= 11 is 0. The number of furan rings is 1. The first-order valence-corrected chi connectivity index (χ1v) is 25.8. The molecule has 11 aromatic carbocycles. The van der Waals surface area contributed by atoms with Crippen LogP contribution in [0.1, 0.15) is 0 Å². The molecule has 12 aromatic rings. The summed E-state index contributed by atoms with van der Waals surface area (Å²) in [6, 6.07) is 84.0. The number of fused-ring (bicyclic) bond motifs is 9. The molecule has 3 nitrogen and oxygen atoms in total. The van der Waals surface area contributed by atoms with E-state index in [1.807, 2.05) is 0 Å². The molecule has 0 bridgehead atoms. The quantitative estimate of drug-likeness (QED) is 0.118. The van der Waals surface area contributed by atoms with E-state index >= 15 is 0 Å². The molecule has 0 N–H and O–H groups in total. The molecule has 0 saturated carbocycles. The third-order valence-electron chi connectivity index (χ3n) is 14.0. The maximum absolute atomic E-state index is 7.13. The van der Waals surface area contributed by atoms with E-state index in [1.165, 1.54) is 65.1 Å². The third kappa shape index (κ3) is 5.82. The molecule has 1 aliphatic heterocycles. The summed E-state index contributed by atoms with van der Waals surface area (Å²) < 4.78 is 7.13. The Morgan fingerprint density at radius 3 is 1.45 bits per heavy atom. The van der Waals surface area contributed by atoms with Crippen molar-refractivity contribution in [1.82, 2.24) is 0 Å². The van der Waals surface area contributed by atoms with Crippen LogP contribution in [0.15, 0.2) is 235 Å². The molecule has 0 fully saturated rings. The van der Waals surface area contributed by atoms with Crippen LogP contribution in [0.5, 0.6) is 0 Å². The van der Waals surface area contributed by atoms with Gasteiger partial charge in [0.2, 0.25) is 0 Å². The van der Waals surface area contributed by atoms with E-state index in [-0.39, 0.29) is 0 Å². The third-order valence-corrected chi connectivity index (χ3v) is 17.5. The summed E-state index contributed by atoms with van der Waals surface area (Å²) in [5, 5.41) is 12.9. The number of benzene rings is 11. The van der Waals surface area contributed by atoms with Crippen LogP contribution in [0.25, 0.3) is 76.5 Å². The minimum Gasteiger partial charge on any atom is -0.453 e. The summed E-state index contributed by atoms with van der Waals surface area (Å²) in [7, 11) is -2.25. The summed E-state index contributed by atoms with van der Waals surface area (Å²) in [4.78, 5) is 4.71.